The van der Waals surface area contributed by atoms with Gasteiger partial charge in [-0.15, -0.1) is 0 Å². The molecule has 0 radical (unpaired) electrons. The molecule has 194 valence electrons. The standard InChI is InChI=1S/C28H31FN4O4/c1-18-15-33(19(2)17-34)27(35)24-13-21(20-7-5-4-6-8-20)14-30-26(24)37-25(18)16-32(3)28(36)31-23-11-9-22(29)10-12-23/h4-14,18-19,25,34H,15-17H2,1-3H3,(H,31,36)/t18-,19+,25-/m0/s1. The van der Waals surface area contributed by atoms with Crippen LogP contribution in [0.15, 0.2) is 66.9 Å². The number of amides is 3. The maximum absolute atomic E-state index is 13.6. The van der Waals surface area contributed by atoms with Crippen molar-refractivity contribution in [3.63, 3.8) is 0 Å². The predicted octanol–water partition coefficient (Wildman–Crippen LogP) is 4.27. The Balaban J connectivity index is 1.61. The number of anilines is 1. The lowest BCUT2D eigenvalue weighted by Crippen LogP contribution is -2.50. The van der Waals surface area contributed by atoms with Gasteiger partial charge in [0.2, 0.25) is 5.88 Å². The number of aromatic nitrogens is 1. The molecule has 0 saturated heterocycles. The van der Waals surface area contributed by atoms with E-state index in [4.69, 9.17) is 4.74 Å². The van der Waals surface area contributed by atoms with Gasteiger partial charge in [-0.1, -0.05) is 37.3 Å². The van der Waals surface area contributed by atoms with E-state index in [2.05, 4.69) is 10.3 Å². The molecule has 8 nitrogen and oxygen atoms in total. The molecule has 4 rings (SSSR count). The average Bonchev–Trinajstić information content (AvgIpc) is 2.91. The SMILES string of the molecule is C[C@H](CO)N1C[C@H](C)[C@H](CN(C)C(=O)Nc2ccc(F)cc2)Oc2ncc(-c3ccccc3)cc2C1=O. The zero-order valence-electron chi connectivity index (χ0n) is 21.1. The maximum atomic E-state index is 13.6. The number of aliphatic hydroxyl groups is 1. The Morgan fingerprint density at radius 3 is 2.59 bits per heavy atom. The highest BCUT2D eigenvalue weighted by molar-refractivity contribution is 5.98. The third-order valence-corrected chi connectivity index (χ3v) is 6.52. The highest BCUT2D eigenvalue weighted by atomic mass is 19.1. The van der Waals surface area contributed by atoms with Crippen LogP contribution in [-0.4, -0.2) is 70.7 Å². The van der Waals surface area contributed by atoms with Crippen molar-refractivity contribution >= 4 is 17.6 Å². The van der Waals surface area contributed by atoms with Crippen LogP contribution in [0.3, 0.4) is 0 Å². The van der Waals surface area contributed by atoms with E-state index in [1.165, 1.54) is 29.2 Å². The van der Waals surface area contributed by atoms with Crippen LogP contribution in [-0.2, 0) is 0 Å². The predicted molar refractivity (Wildman–Crippen MR) is 139 cm³/mol. The van der Waals surface area contributed by atoms with Gasteiger partial charge in [-0.3, -0.25) is 4.79 Å². The summed E-state index contributed by atoms with van der Waals surface area (Å²) < 4.78 is 19.5. The summed E-state index contributed by atoms with van der Waals surface area (Å²) >= 11 is 0. The summed E-state index contributed by atoms with van der Waals surface area (Å²) in [7, 11) is 1.64. The van der Waals surface area contributed by atoms with Crippen LogP contribution in [0.4, 0.5) is 14.9 Å². The number of carbonyl (C=O) groups excluding carboxylic acids is 2. The van der Waals surface area contributed by atoms with Gasteiger partial charge in [-0.2, -0.15) is 0 Å². The number of nitrogens with one attached hydrogen (secondary N) is 1. The number of rotatable bonds is 6. The van der Waals surface area contributed by atoms with Crippen molar-refractivity contribution in [1.29, 1.82) is 0 Å². The van der Waals surface area contributed by atoms with Crippen molar-refractivity contribution in [1.82, 2.24) is 14.8 Å². The fraction of sp³-hybridized carbons (Fsp3) is 0.321. The number of hydrogen-bond acceptors (Lipinski definition) is 5. The monoisotopic (exact) mass is 506 g/mol. The highest BCUT2D eigenvalue weighted by Gasteiger charge is 2.34. The Kier molecular flexibility index (Phi) is 8.03. The lowest BCUT2D eigenvalue weighted by molar-refractivity contribution is 0.0356. The van der Waals surface area contributed by atoms with E-state index in [0.29, 0.717) is 17.8 Å². The minimum absolute atomic E-state index is 0.178. The zero-order valence-corrected chi connectivity index (χ0v) is 21.1. The second kappa shape index (κ2) is 11.4. The third-order valence-electron chi connectivity index (χ3n) is 6.52. The fourth-order valence-electron chi connectivity index (χ4n) is 4.21. The minimum Gasteiger partial charge on any atom is -0.472 e. The lowest BCUT2D eigenvalue weighted by atomic mass is 9.99. The Labute approximate surface area is 215 Å². The topological polar surface area (TPSA) is 95.0 Å². The molecule has 1 aliphatic heterocycles. The molecule has 0 bridgehead atoms. The number of ether oxygens (including phenoxy) is 1. The first-order valence-electron chi connectivity index (χ1n) is 12.2. The average molecular weight is 507 g/mol. The lowest BCUT2D eigenvalue weighted by Gasteiger charge is -2.37. The molecule has 2 aromatic carbocycles. The fourth-order valence-corrected chi connectivity index (χ4v) is 4.21. The van der Waals surface area contributed by atoms with E-state index in [9.17, 15) is 19.1 Å². The van der Waals surface area contributed by atoms with E-state index < -0.39 is 12.1 Å². The van der Waals surface area contributed by atoms with Gasteiger partial charge in [0.25, 0.3) is 5.91 Å². The number of pyridine rings is 1. The number of aliphatic hydroxyl groups excluding tert-OH is 1. The molecule has 0 saturated carbocycles. The Bertz CT molecular complexity index is 1240. The number of benzene rings is 2. The van der Waals surface area contributed by atoms with Gasteiger partial charge >= 0.3 is 6.03 Å². The quantitative estimate of drug-likeness (QED) is 0.521. The molecule has 3 aromatic rings. The summed E-state index contributed by atoms with van der Waals surface area (Å²) in [5.41, 5.74) is 2.46. The number of halogens is 1. The molecule has 0 aliphatic carbocycles. The van der Waals surface area contributed by atoms with Gasteiger partial charge in [-0.05, 0) is 42.8 Å². The van der Waals surface area contributed by atoms with E-state index in [1.54, 1.807) is 31.1 Å². The van der Waals surface area contributed by atoms with Crippen molar-refractivity contribution in [3.8, 4) is 17.0 Å². The van der Waals surface area contributed by atoms with Gasteiger partial charge in [0.15, 0.2) is 0 Å². The Morgan fingerprint density at radius 1 is 1.22 bits per heavy atom. The number of likely N-dealkylation sites (N-methyl/N-ethyl adjacent to an activating group) is 1. The number of hydrogen-bond donors (Lipinski definition) is 2. The normalized spacial score (nSPS) is 18.2. The zero-order chi connectivity index (χ0) is 26.5. The molecule has 0 unspecified atom stereocenters. The number of urea groups is 1. The molecule has 37 heavy (non-hydrogen) atoms. The van der Waals surface area contributed by atoms with Crippen LogP contribution in [0, 0.1) is 11.7 Å². The second-order valence-corrected chi connectivity index (χ2v) is 9.38. The first-order valence-corrected chi connectivity index (χ1v) is 12.2. The summed E-state index contributed by atoms with van der Waals surface area (Å²) in [6, 6.07) is 16.1. The summed E-state index contributed by atoms with van der Waals surface area (Å²) in [5, 5.41) is 12.6. The minimum atomic E-state index is -0.487. The van der Waals surface area contributed by atoms with Crippen LogP contribution in [0.1, 0.15) is 24.2 Å². The van der Waals surface area contributed by atoms with Crippen LogP contribution < -0.4 is 10.1 Å². The maximum Gasteiger partial charge on any atom is 0.321 e. The van der Waals surface area contributed by atoms with E-state index in [-0.39, 0.29) is 42.7 Å². The van der Waals surface area contributed by atoms with Gasteiger partial charge in [0, 0.05) is 37.0 Å². The van der Waals surface area contributed by atoms with Crippen LogP contribution >= 0.6 is 0 Å². The van der Waals surface area contributed by atoms with Crippen molar-refractivity contribution in [2.45, 2.75) is 26.0 Å². The first-order chi connectivity index (χ1) is 17.8. The van der Waals surface area contributed by atoms with Crippen molar-refractivity contribution in [3.05, 3.63) is 78.2 Å². The molecule has 3 amide bonds. The molecule has 3 atom stereocenters. The number of fused-ring (bicyclic) bond motifs is 1. The summed E-state index contributed by atoms with van der Waals surface area (Å²) in [5.74, 6) is -0.651. The van der Waals surface area contributed by atoms with Crippen molar-refractivity contribution in [2.24, 2.45) is 5.92 Å². The molecule has 2 N–H and O–H groups in total. The number of carbonyl (C=O) groups is 2. The van der Waals surface area contributed by atoms with E-state index in [0.717, 1.165) is 11.1 Å². The molecule has 0 spiro atoms. The molecular formula is C28H31FN4O4. The molecule has 1 aromatic heterocycles. The molecular weight excluding hydrogens is 475 g/mol. The summed E-state index contributed by atoms with van der Waals surface area (Å²) in [4.78, 5) is 34.0. The van der Waals surface area contributed by atoms with Crippen LogP contribution in [0.2, 0.25) is 0 Å². The second-order valence-electron chi connectivity index (χ2n) is 9.38. The number of nitrogens with zero attached hydrogens (tertiary/aromatic N) is 3. The van der Waals surface area contributed by atoms with Crippen molar-refractivity contribution in [2.75, 3.05) is 32.1 Å². The van der Waals surface area contributed by atoms with E-state index >= 15 is 0 Å². The van der Waals surface area contributed by atoms with Crippen LogP contribution in [0.5, 0.6) is 5.88 Å². The summed E-state index contributed by atoms with van der Waals surface area (Å²) in [6.07, 6.45) is 1.18. The molecule has 9 heteroatoms. The van der Waals surface area contributed by atoms with Crippen molar-refractivity contribution < 1.29 is 23.8 Å². The van der Waals surface area contributed by atoms with Gasteiger partial charge < -0.3 is 25.0 Å². The highest BCUT2D eigenvalue weighted by Crippen LogP contribution is 2.30. The van der Waals surface area contributed by atoms with Gasteiger partial charge in [-0.25, -0.2) is 14.2 Å². The van der Waals surface area contributed by atoms with Crippen LogP contribution in [0.25, 0.3) is 11.1 Å². The van der Waals surface area contributed by atoms with E-state index in [1.807, 2.05) is 37.3 Å². The Morgan fingerprint density at radius 2 is 1.92 bits per heavy atom. The largest absolute Gasteiger partial charge is 0.472 e. The van der Waals surface area contributed by atoms with Gasteiger partial charge in [0.05, 0.1) is 19.2 Å². The molecule has 1 aliphatic rings. The first kappa shape index (κ1) is 26.1. The van der Waals surface area contributed by atoms with Gasteiger partial charge in [0.1, 0.15) is 17.5 Å². The smallest absolute Gasteiger partial charge is 0.321 e. The summed E-state index contributed by atoms with van der Waals surface area (Å²) in [6.45, 7) is 4.08. The Hall–Kier alpha value is -3.98. The molecule has 2 heterocycles. The molecule has 0 fully saturated rings. The third kappa shape index (κ3) is 6.06.